The highest BCUT2D eigenvalue weighted by Crippen LogP contribution is 2.26. The van der Waals surface area contributed by atoms with Gasteiger partial charge in [-0.25, -0.2) is 4.79 Å². The molecule has 0 bridgehead atoms. The van der Waals surface area contributed by atoms with E-state index in [-0.39, 0.29) is 18.4 Å². The number of nitrogens with zero attached hydrogens (tertiary/aromatic N) is 1. The molecule has 1 aliphatic rings. The Morgan fingerprint density at radius 2 is 1.73 bits per heavy atom. The summed E-state index contributed by atoms with van der Waals surface area (Å²) in [6, 6.07) is 0. The molecule has 148 valence electrons. The zero-order valence-corrected chi connectivity index (χ0v) is 17.2. The molecule has 26 heavy (non-hydrogen) atoms. The lowest BCUT2D eigenvalue weighted by atomic mass is 9.90. The van der Waals surface area contributed by atoms with E-state index < -0.39 is 23.2 Å². The third-order valence-electron chi connectivity index (χ3n) is 4.32. The molecule has 1 heterocycles. The maximum atomic E-state index is 12.3. The number of carbonyl (C=O) groups is 3. The molecule has 0 saturated carbocycles. The zero-order chi connectivity index (χ0) is 20.0. The number of hydrogen-bond donors (Lipinski definition) is 1. The van der Waals surface area contributed by atoms with Gasteiger partial charge in [0.25, 0.3) is 11.8 Å². The van der Waals surface area contributed by atoms with E-state index in [1.165, 1.54) is 0 Å². The van der Waals surface area contributed by atoms with E-state index >= 15 is 0 Å². The predicted molar refractivity (Wildman–Crippen MR) is 101 cm³/mol. The molecule has 1 saturated heterocycles. The topological polar surface area (TPSA) is 84.9 Å². The third kappa shape index (κ3) is 6.99. The summed E-state index contributed by atoms with van der Waals surface area (Å²) < 4.78 is 5.90. The number of nitrogens with one attached hydrogen (secondary N) is 1. The standard InChI is InChI=1S/C18H30N2O5S/c1-6-13(26)19-11-9-18(4,5)24-12-10-17(2,3)16(23)25-20-14(21)7-8-15(20)22/h6-12H2,1-5H3,(H,19,26). The van der Waals surface area contributed by atoms with Gasteiger partial charge in [-0.3, -0.25) is 9.59 Å². The molecule has 1 fully saturated rings. The molecule has 8 heteroatoms. The minimum atomic E-state index is -0.874. The molecule has 1 aliphatic heterocycles. The first-order valence-corrected chi connectivity index (χ1v) is 9.38. The van der Waals surface area contributed by atoms with Gasteiger partial charge in [0.15, 0.2) is 0 Å². The summed E-state index contributed by atoms with van der Waals surface area (Å²) in [5.74, 6) is -1.57. The van der Waals surface area contributed by atoms with E-state index in [9.17, 15) is 14.4 Å². The van der Waals surface area contributed by atoms with Gasteiger partial charge in [-0.1, -0.05) is 19.1 Å². The molecule has 0 unspecified atom stereocenters. The Balaban J connectivity index is 2.41. The first-order chi connectivity index (χ1) is 12.0. The van der Waals surface area contributed by atoms with Gasteiger partial charge in [0.1, 0.15) is 0 Å². The molecular formula is C18H30N2O5S. The van der Waals surface area contributed by atoms with Crippen LogP contribution in [0.15, 0.2) is 0 Å². The van der Waals surface area contributed by atoms with Gasteiger partial charge in [0, 0.05) is 26.0 Å². The first-order valence-electron chi connectivity index (χ1n) is 8.97. The molecular weight excluding hydrogens is 356 g/mol. The van der Waals surface area contributed by atoms with Crippen molar-refractivity contribution in [3.63, 3.8) is 0 Å². The van der Waals surface area contributed by atoms with E-state index in [1.54, 1.807) is 13.8 Å². The van der Waals surface area contributed by atoms with Crippen LogP contribution >= 0.6 is 12.2 Å². The van der Waals surface area contributed by atoms with Crippen molar-refractivity contribution in [2.45, 2.75) is 72.3 Å². The molecule has 7 nitrogen and oxygen atoms in total. The van der Waals surface area contributed by atoms with Crippen molar-refractivity contribution >= 4 is 35.0 Å². The number of rotatable bonds is 10. The largest absolute Gasteiger partial charge is 0.380 e. The van der Waals surface area contributed by atoms with Crippen molar-refractivity contribution in [3.05, 3.63) is 0 Å². The average Bonchev–Trinajstić information content (AvgIpc) is 2.85. The van der Waals surface area contributed by atoms with Gasteiger partial charge in [0.2, 0.25) is 0 Å². The van der Waals surface area contributed by atoms with Crippen LogP contribution in [0.5, 0.6) is 0 Å². The number of amides is 2. The second-order valence-electron chi connectivity index (χ2n) is 7.66. The van der Waals surface area contributed by atoms with E-state index in [0.29, 0.717) is 18.1 Å². The molecule has 2 amide bonds. The number of ether oxygens (including phenoxy) is 1. The number of hydroxylamine groups is 2. The van der Waals surface area contributed by atoms with Crippen LogP contribution in [-0.2, 0) is 24.0 Å². The van der Waals surface area contributed by atoms with Gasteiger partial charge in [0.05, 0.1) is 16.0 Å². The van der Waals surface area contributed by atoms with Crippen LogP contribution in [0.2, 0.25) is 0 Å². The van der Waals surface area contributed by atoms with Crippen molar-refractivity contribution in [1.82, 2.24) is 10.4 Å². The number of carbonyl (C=O) groups excluding carboxylic acids is 3. The van der Waals surface area contributed by atoms with Crippen LogP contribution in [0, 0.1) is 5.41 Å². The number of imide groups is 1. The lowest BCUT2D eigenvalue weighted by molar-refractivity contribution is -0.205. The minimum Gasteiger partial charge on any atom is -0.380 e. The second kappa shape index (κ2) is 9.41. The van der Waals surface area contributed by atoms with Crippen LogP contribution in [0.4, 0.5) is 0 Å². The summed E-state index contributed by atoms with van der Waals surface area (Å²) in [6.07, 6.45) is 2.16. The molecule has 0 spiro atoms. The van der Waals surface area contributed by atoms with Crippen molar-refractivity contribution in [2.24, 2.45) is 5.41 Å². The zero-order valence-electron chi connectivity index (χ0n) is 16.3. The Labute approximate surface area is 160 Å². The number of thiocarbonyl (C=S) groups is 1. The summed E-state index contributed by atoms with van der Waals surface area (Å²) in [7, 11) is 0. The Hall–Kier alpha value is -1.54. The van der Waals surface area contributed by atoms with Gasteiger partial charge < -0.3 is 14.9 Å². The average molecular weight is 387 g/mol. The van der Waals surface area contributed by atoms with Crippen LogP contribution in [0.3, 0.4) is 0 Å². The molecule has 0 aliphatic carbocycles. The lowest BCUT2D eigenvalue weighted by Crippen LogP contribution is -2.39. The molecule has 0 atom stereocenters. The molecule has 0 radical (unpaired) electrons. The Morgan fingerprint density at radius 1 is 1.15 bits per heavy atom. The summed E-state index contributed by atoms with van der Waals surface area (Å²) in [5, 5.41) is 3.75. The van der Waals surface area contributed by atoms with Crippen LogP contribution in [0.1, 0.15) is 66.7 Å². The molecule has 1 N–H and O–H groups in total. The van der Waals surface area contributed by atoms with Crippen LogP contribution < -0.4 is 5.32 Å². The third-order valence-corrected chi connectivity index (χ3v) is 4.76. The normalized spacial score (nSPS) is 15.3. The Bertz CT molecular complexity index is 544. The highest BCUT2D eigenvalue weighted by atomic mass is 32.1. The molecule has 0 aromatic rings. The summed E-state index contributed by atoms with van der Waals surface area (Å²) in [4.78, 5) is 41.2. The van der Waals surface area contributed by atoms with E-state index in [4.69, 9.17) is 21.8 Å². The fourth-order valence-electron chi connectivity index (χ4n) is 2.25. The highest BCUT2D eigenvalue weighted by molar-refractivity contribution is 7.80. The monoisotopic (exact) mass is 386 g/mol. The summed E-state index contributed by atoms with van der Waals surface area (Å²) in [5.41, 5.74) is -1.24. The van der Waals surface area contributed by atoms with Gasteiger partial charge in [-0.2, -0.15) is 0 Å². The van der Waals surface area contributed by atoms with Crippen LogP contribution in [0.25, 0.3) is 0 Å². The quantitative estimate of drug-likeness (QED) is 0.456. The van der Waals surface area contributed by atoms with Crippen molar-refractivity contribution in [1.29, 1.82) is 0 Å². The Kier molecular flexibility index (Phi) is 8.15. The van der Waals surface area contributed by atoms with Gasteiger partial charge in [-0.05, 0) is 47.0 Å². The maximum Gasteiger partial charge on any atom is 0.338 e. The second-order valence-corrected chi connectivity index (χ2v) is 8.15. The molecule has 1 rings (SSSR count). The van der Waals surface area contributed by atoms with E-state index in [0.717, 1.165) is 24.4 Å². The number of hydrogen-bond acceptors (Lipinski definition) is 6. The summed E-state index contributed by atoms with van der Waals surface area (Å²) >= 11 is 5.13. The van der Waals surface area contributed by atoms with Crippen molar-refractivity contribution in [2.75, 3.05) is 13.2 Å². The SMILES string of the molecule is CCC(=S)NCCC(C)(C)OCCC(C)(C)C(=O)ON1C(=O)CCC1=O. The first kappa shape index (κ1) is 22.5. The maximum absolute atomic E-state index is 12.3. The lowest BCUT2D eigenvalue weighted by Gasteiger charge is -2.29. The minimum absolute atomic E-state index is 0.0827. The van der Waals surface area contributed by atoms with E-state index in [1.807, 2.05) is 20.8 Å². The molecule has 0 aromatic heterocycles. The van der Waals surface area contributed by atoms with E-state index in [2.05, 4.69) is 5.32 Å². The fraction of sp³-hybridized carbons (Fsp3) is 0.778. The predicted octanol–water partition coefficient (Wildman–Crippen LogP) is 2.52. The fourth-order valence-corrected chi connectivity index (χ4v) is 2.35. The van der Waals surface area contributed by atoms with Crippen molar-refractivity contribution < 1.29 is 24.0 Å². The molecule has 0 aromatic carbocycles. The van der Waals surface area contributed by atoms with Crippen molar-refractivity contribution in [3.8, 4) is 0 Å². The Morgan fingerprint density at radius 3 is 2.27 bits per heavy atom. The highest BCUT2D eigenvalue weighted by Gasteiger charge is 2.38. The van der Waals surface area contributed by atoms with Gasteiger partial charge >= 0.3 is 5.97 Å². The summed E-state index contributed by atoms with van der Waals surface area (Å²) in [6.45, 7) is 10.5. The smallest absolute Gasteiger partial charge is 0.338 e. The van der Waals surface area contributed by atoms with Crippen LogP contribution in [-0.4, -0.2) is 46.6 Å². The van der Waals surface area contributed by atoms with Gasteiger partial charge in [-0.15, -0.1) is 5.06 Å².